The molecule has 1 aromatic rings. The molecule has 0 atom stereocenters. The van der Waals surface area contributed by atoms with Gasteiger partial charge >= 0.3 is 0 Å². The number of quaternary nitrogens is 1. The summed E-state index contributed by atoms with van der Waals surface area (Å²) in [5, 5.41) is 0. The highest BCUT2D eigenvalue weighted by atomic mass is 15.3. The van der Waals surface area contributed by atoms with E-state index in [1.807, 2.05) is 0 Å². The predicted molar refractivity (Wildman–Crippen MR) is 120 cm³/mol. The highest BCUT2D eigenvalue weighted by molar-refractivity contribution is 5.44. The molecule has 150 valence electrons. The van der Waals surface area contributed by atoms with E-state index in [1.54, 1.807) is 0 Å². The highest BCUT2D eigenvalue weighted by Crippen LogP contribution is 2.24. The lowest BCUT2D eigenvalue weighted by Gasteiger charge is -2.36. The fourth-order valence-corrected chi connectivity index (χ4v) is 4.15. The molecule has 0 saturated heterocycles. The molecule has 0 aliphatic heterocycles. The van der Waals surface area contributed by atoms with Gasteiger partial charge in [-0.1, -0.05) is 88.8 Å². The van der Waals surface area contributed by atoms with Gasteiger partial charge in [-0.05, 0) is 45.7 Å². The summed E-state index contributed by atoms with van der Waals surface area (Å²) in [4.78, 5) is 0. The second-order valence-electron chi connectivity index (χ2n) is 8.23. The summed E-state index contributed by atoms with van der Waals surface area (Å²) in [5.41, 5.74) is 2.87. The van der Waals surface area contributed by atoms with Crippen LogP contribution in [0.25, 0.3) is 0 Å². The number of unbranched alkanes of at least 4 members (excludes halogenated alkanes) is 11. The van der Waals surface area contributed by atoms with Crippen LogP contribution in [-0.2, 0) is 0 Å². The molecule has 0 unspecified atom stereocenters. The van der Waals surface area contributed by atoms with E-state index in [0.29, 0.717) is 0 Å². The van der Waals surface area contributed by atoms with Gasteiger partial charge in [0.25, 0.3) is 0 Å². The maximum atomic E-state index is 2.35. The van der Waals surface area contributed by atoms with Crippen LogP contribution in [0.2, 0.25) is 0 Å². The van der Waals surface area contributed by atoms with Crippen LogP contribution in [0.4, 0.5) is 5.69 Å². The van der Waals surface area contributed by atoms with Crippen molar-refractivity contribution in [2.45, 2.75) is 105 Å². The summed E-state index contributed by atoms with van der Waals surface area (Å²) in [7, 11) is 0. The molecule has 0 aliphatic carbocycles. The van der Waals surface area contributed by atoms with E-state index in [0.717, 1.165) is 4.48 Å². The maximum absolute atomic E-state index is 2.35. The van der Waals surface area contributed by atoms with Crippen molar-refractivity contribution in [2.24, 2.45) is 0 Å². The molecule has 1 rings (SSSR count). The number of aryl methyl sites for hydroxylation is 1. The van der Waals surface area contributed by atoms with E-state index >= 15 is 0 Å². The molecule has 0 N–H and O–H groups in total. The molecule has 0 aliphatic rings. The van der Waals surface area contributed by atoms with Gasteiger partial charge < -0.3 is 0 Å². The Morgan fingerprint density at radius 2 is 1.00 bits per heavy atom. The Morgan fingerprint density at radius 1 is 0.577 bits per heavy atom. The lowest BCUT2D eigenvalue weighted by molar-refractivity contribution is 0.291. The molecule has 1 heteroatoms. The zero-order valence-corrected chi connectivity index (χ0v) is 18.4. The van der Waals surface area contributed by atoms with Crippen LogP contribution >= 0.6 is 0 Å². The molecule has 0 radical (unpaired) electrons. The first-order chi connectivity index (χ1) is 12.7. The first-order valence-corrected chi connectivity index (χ1v) is 11.6. The second-order valence-corrected chi connectivity index (χ2v) is 8.23. The fourth-order valence-electron chi connectivity index (χ4n) is 4.15. The minimum Gasteiger partial charge on any atom is -0.292 e. The van der Waals surface area contributed by atoms with Crippen molar-refractivity contribution in [1.82, 2.24) is 4.48 Å². The topological polar surface area (TPSA) is 0 Å². The van der Waals surface area contributed by atoms with E-state index < -0.39 is 0 Å². The van der Waals surface area contributed by atoms with E-state index in [9.17, 15) is 0 Å². The third-order valence-corrected chi connectivity index (χ3v) is 6.23. The minimum atomic E-state index is 1.15. The number of hydrogen-bond donors (Lipinski definition) is 0. The van der Waals surface area contributed by atoms with Crippen molar-refractivity contribution in [1.29, 1.82) is 0 Å². The Balaban J connectivity index is 2.15. The predicted octanol–water partition coefficient (Wildman–Crippen LogP) is 8.04. The molecule has 1 aromatic carbocycles. The van der Waals surface area contributed by atoms with Gasteiger partial charge in [0.1, 0.15) is 5.69 Å². The first-order valence-electron chi connectivity index (χ1n) is 11.6. The van der Waals surface area contributed by atoms with Gasteiger partial charge in [-0.15, -0.1) is 0 Å². The Kier molecular flexibility index (Phi) is 12.7. The maximum Gasteiger partial charge on any atom is 0.132 e. The van der Waals surface area contributed by atoms with Crippen LogP contribution in [0.15, 0.2) is 24.3 Å². The van der Waals surface area contributed by atoms with Crippen molar-refractivity contribution >= 4 is 5.69 Å². The van der Waals surface area contributed by atoms with Gasteiger partial charge in [-0.3, -0.25) is 4.48 Å². The monoisotopic (exact) mass is 360 g/mol. The van der Waals surface area contributed by atoms with Crippen molar-refractivity contribution in [3.63, 3.8) is 0 Å². The molecule has 0 aromatic heterocycles. The summed E-state index contributed by atoms with van der Waals surface area (Å²) >= 11 is 0. The Hall–Kier alpha value is -0.820. The first kappa shape index (κ1) is 23.2. The standard InChI is InChI=1S/C25H46N/c1-5-8-9-10-11-12-13-14-15-16-17-18-23-26(6-2,7-3)25-21-19-24(4)20-22-25/h19-22H,5-18,23H2,1-4H3/q+1. The van der Waals surface area contributed by atoms with Gasteiger partial charge in [0.05, 0.1) is 19.6 Å². The second kappa shape index (κ2) is 14.3. The zero-order chi connectivity index (χ0) is 19.1. The average molecular weight is 361 g/mol. The zero-order valence-electron chi connectivity index (χ0n) is 18.4. The van der Waals surface area contributed by atoms with E-state index in [4.69, 9.17) is 0 Å². The van der Waals surface area contributed by atoms with E-state index in [-0.39, 0.29) is 0 Å². The van der Waals surface area contributed by atoms with Crippen LogP contribution in [-0.4, -0.2) is 19.6 Å². The van der Waals surface area contributed by atoms with Crippen molar-refractivity contribution < 1.29 is 0 Å². The third-order valence-electron chi connectivity index (χ3n) is 6.23. The third kappa shape index (κ3) is 8.71. The smallest absolute Gasteiger partial charge is 0.132 e. The number of benzene rings is 1. The van der Waals surface area contributed by atoms with Crippen molar-refractivity contribution in [3.05, 3.63) is 29.8 Å². The Bertz CT molecular complexity index is 430. The van der Waals surface area contributed by atoms with Crippen LogP contribution < -0.4 is 4.48 Å². The average Bonchev–Trinajstić information content (AvgIpc) is 2.67. The Morgan fingerprint density at radius 3 is 1.42 bits per heavy atom. The molecule has 0 saturated carbocycles. The normalized spacial score (nSPS) is 11.8. The molecule has 26 heavy (non-hydrogen) atoms. The van der Waals surface area contributed by atoms with Gasteiger partial charge in [-0.25, -0.2) is 0 Å². The summed E-state index contributed by atoms with van der Waals surface area (Å²) in [6.45, 7) is 12.9. The van der Waals surface area contributed by atoms with Crippen LogP contribution in [0, 0.1) is 6.92 Å². The van der Waals surface area contributed by atoms with E-state index in [1.165, 1.54) is 108 Å². The van der Waals surface area contributed by atoms with Crippen molar-refractivity contribution in [3.8, 4) is 0 Å². The number of rotatable bonds is 16. The quantitative estimate of drug-likeness (QED) is 0.207. The molecular weight excluding hydrogens is 314 g/mol. The summed E-state index contributed by atoms with van der Waals surface area (Å²) in [6, 6.07) is 9.25. The van der Waals surface area contributed by atoms with Crippen LogP contribution in [0.5, 0.6) is 0 Å². The van der Waals surface area contributed by atoms with Gasteiger partial charge in [0.15, 0.2) is 0 Å². The van der Waals surface area contributed by atoms with Crippen molar-refractivity contribution in [2.75, 3.05) is 19.6 Å². The van der Waals surface area contributed by atoms with Crippen LogP contribution in [0.3, 0.4) is 0 Å². The number of nitrogens with zero attached hydrogens (tertiary/aromatic N) is 1. The minimum absolute atomic E-state index is 1.15. The Labute approximate surface area is 164 Å². The molecule has 0 spiro atoms. The molecule has 1 nitrogen and oxygen atoms in total. The fraction of sp³-hybridized carbons (Fsp3) is 0.760. The van der Waals surface area contributed by atoms with E-state index in [2.05, 4.69) is 52.0 Å². The highest BCUT2D eigenvalue weighted by Gasteiger charge is 2.25. The SMILES string of the molecule is CCCCCCCCCCCCCC[N+](CC)(CC)c1ccc(C)cc1. The largest absolute Gasteiger partial charge is 0.292 e. The molecule has 0 bridgehead atoms. The van der Waals surface area contributed by atoms with Gasteiger partial charge in [0.2, 0.25) is 0 Å². The van der Waals surface area contributed by atoms with Gasteiger partial charge in [0, 0.05) is 0 Å². The molecule has 0 heterocycles. The van der Waals surface area contributed by atoms with Gasteiger partial charge in [-0.2, -0.15) is 0 Å². The van der Waals surface area contributed by atoms with Crippen LogP contribution in [0.1, 0.15) is 103 Å². The molecular formula is C25H46N+. The lowest BCUT2D eigenvalue weighted by atomic mass is 10.0. The summed E-state index contributed by atoms with van der Waals surface area (Å²) < 4.78 is 1.15. The molecule has 0 fully saturated rings. The number of hydrogen-bond acceptors (Lipinski definition) is 0. The molecule has 0 amide bonds. The summed E-state index contributed by atoms with van der Waals surface area (Å²) in [5.74, 6) is 0. The summed E-state index contributed by atoms with van der Waals surface area (Å²) in [6.07, 6.45) is 17.2. The lowest BCUT2D eigenvalue weighted by Crippen LogP contribution is -2.49.